The third kappa shape index (κ3) is 2.12. The van der Waals surface area contributed by atoms with Gasteiger partial charge in [0.15, 0.2) is 0 Å². The minimum absolute atomic E-state index is 0.0598. The summed E-state index contributed by atoms with van der Waals surface area (Å²) in [5.74, 6) is 0. The Labute approximate surface area is 64.8 Å². The highest BCUT2D eigenvalue weighted by Gasteiger charge is 2.37. The quantitative estimate of drug-likeness (QED) is 0.458. The zero-order valence-corrected chi connectivity index (χ0v) is 7.14. The minimum Gasteiger partial charge on any atom is -0.283 e. The molecule has 1 fully saturated rings. The van der Waals surface area contributed by atoms with E-state index in [1.807, 2.05) is 0 Å². The second kappa shape index (κ2) is 2.70. The summed E-state index contributed by atoms with van der Waals surface area (Å²) in [6.07, 6.45) is 1.60. The molecule has 0 radical (unpaired) electrons. The Bertz CT molecular complexity index is 204. The van der Waals surface area contributed by atoms with Crippen LogP contribution >= 0.6 is 7.91 Å². The fraction of sp³-hybridized carbons (Fsp3) is 0.667. The lowest BCUT2D eigenvalue weighted by Gasteiger charge is -2.30. The average molecular weight is 180 g/mol. The van der Waals surface area contributed by atoms with E-state index in [1.165, 1.54) is 0 Å². The maximum atomic E-state index is 12.4. The molecular formula is C6H10FO3P. The van der Waals surface area contributed by atoms with Crippen LogP contribution in [-0.4, -0.2) is 13.2 Å². The molecule has 11 heavy (non-hydrogen) atoms. The van der Waals surface area contributed by atoms with Gasteiger partial charge in [0.25, 0.3) is 0 Å². The van der Waals surface area contributed by atoms with E-state index in [9.17, 15) is 8.76 Å². The molecule has 0 aliphatic carbocycles. The first kappa shape index (κ1) is 8.91. The van der Waals surface area contributed by atoms with Crippen molar-refractivity contribution in [3.05, 3.63) is 12.7 Å². The lowest BCUT2D eigenvalue weighted by atomic mass is 9.94. The van der Waals surface area contributed by atoms with Crippen LogP contribution in [0.5, 0.6) is 0 Å². The predicted octanol–water partition coefficient (Wildman–Crippen LogP) is 2.30. The Hall–Kier alpha value is -0.180. The molecule has 0 aromatic heterocycles. The molecular weight excluding hydrogens is 170 g/mol. The molecule has 0 N–H and O–H groups in total. The van der Waals surface area contributed by atoms with Crippen LogP contribution in [-0.2, 0) is 13.6 Å². The highest BCUT2D eigenvalue weighted by Crippen LogP contribution is 2.55. The molecule has 64 valence electrons. The van der Waals surface area contributed by atoms with E-state index in [4.69, 9.17) is 0 Å². The van der Waals surface area contributed by atoms with E-state index in [-0.39, 0.29) is 13.2 Å². The molecule has 0 unspecified atom stereocenters. The summed E-state index contributed by atoms with van der Waals surface area (Å²) in [4.78, 5) is 0. The maximum absolute atomic E-state index is 12.4. The Morgan fingerprint density at radius 2 is 2.09 bits per heavy atom. The molecule has 0 atom stereocenters. The van der Waals surface area contributed by atoms with Crippen molar-refractivity contribution in [1.29, 1.82) is 0 Å². The first-order valence-electron chi connectivity index (χ1n) is 3.20. The van der Waals surface area contributed by atoms with Crippen LogP contribution in [0.1, 0.15) is 6.92 Å². The molecule has 0 aromatic rings. The summed E-state index contributed by atoms with van der Waals surface area (Å²) in [6, 6.07) is 0. The van der Waals surface area contributed by atoms with Crippen LogP contribution in [0.4, 0.5) is 4.20 Å². The third-order valence-corrected chi connectivity index (χ3v) is 2.46. The first-order valence-corrected chi connectivity index (χ1v) is 4.63. The van der Waals surface area contributed by atoms with Crippen molar-refractivity contribution in [2.45, 2.75) is 6.92 Å². The normalized spacial score (nSPS) is 45.3. The lowest BCUT2D eigenvalue weighted by Crippen LogP contribution is -2.29. The van der Waals surface area contributed by atoms with Gasteiger partial charge in [-0.15, -0.1) is 10.8 Å². The van der Waals surface area contributed by atoms with Crippen molar-refractivity contribution in [2.24, 2.45) is 5.41 Å². The van der Waals surface area contributed by atoms with Gasteiger partial charge in [0.2, 0.25) is 0 Å². The Morgan fingerprint density at radius 3 is 2.45 bits per heavy atom. The molecule has 0 aromatic carbocycles. The maximum Gasteiger partial charge on any atom is 0.513 e. The van der Waals surface area contributed by atoms with Gasteiger partial charge in [0.05, 0.1) is 13.2 Å². The zero-order valence-electron chi connectivity index (χ0n) is 6.25. The van der Waals surface area contributed by atoms with Gasteiger partial charge in [-0.25, -0.2) is 4.57 Å². The molecule has 1 heterocycles. The Morgan fingerprint density at radius 1 is 1.64 bits per heavy atom. The van der Waals surface area contributed by atoms with Crippen LogP contribution in [0.2, 0.25) is 0 Å². The highest BCUT2D eigenvalue weighted by atomic mass is 31.2. The van der Waals surface area contributed by atoms with Crippen LogP contribution in [0.15, 0.2) is 12.7 Å². The van der Waals surface area contributed by atoms with E-state index >= 15 is 0 Å². The summed E-state index contributed by atoms with van der Waals surface area (Å²) in [6.45, 7) is 5.44. The fourth-order valence-electron chi connectivity index (χ4n) is 0.646. The molecule has 1 rings (SSSR count). The third-order valence-electron chi connectivity index (χ3n) is 1.59. The number of hydrogen-bond acceptors (Lipinski definition) is 3. The van der Waals surface area contributed by atoms with Gasteiger partial charge < -0.3 is 0 Å². The van der Waals surface area contributed by atoms with E-state index in [1.54, 1.807) is 13.0 Å². The molecule has 0 bridgehead atoms. The monoisotopic (exact) mass is 180 g/mol. The SMILES string of the molecule is C=CC1(C)COP(=O)(F)OC1. The van der Waals surface area contributed by atoms with E-state index in [0.717, 1.165) is 0 Å². The molecule has 1 aliphatic rings. The summed E-state index contributed by atoms with van der Waals surface area (Å²) >= 11 is 0. The van der Waals surface area contributed by atoms with Crippen molar-refractivity contribution in [3.63, 3.8) is 0 Å². The Balaban J connectivity index is 2.61. The predicted molar refractivity (Wildman–Crippen MR) is 38.9 cm³/mol. The summed E-state index contributed by atoms with van der Waals surface area (Å²) in [5.41, 5.74) is -0.417. The lowest BCUT2D eigenvalue weighted by molar-refractivity contribution is 0.0430. The van der Waals surface area contributed by atoms with Gasteiger partial charge in [-0.1, -0.05) is 13.0 Å². The smallest absolute Gasteiger partial charge is 0.283 e. The van der Waals surface area contributed by atoms with Crippen LogP contribution in [0.25, 0.3) is 0 Å². The van der Waals surface area contributed by atoms with Crippen molar-refractivity contribution < 1.29 is 17.8 Å². The molecule has 1 saturated heterocycles. The number of hydrogen-bond donors (Lipinski definition) is 0. The minimum atomic E-state index is -4.23. The standard InChI is InChI=1S/C6H10FO3P/c1-3-6(2)4-9-11(7,8)10-5-6/h3H,1,4-5H2,2H3. The van der Waals surface area contributed by atoms with Gasteiger partial charge in [-0.05, 0) is 0 Å². The van der Waals surface area contributed by atoms with Crippen LogP contribution in [0, 0.1) is 5.41 Å². The van der Waals surface area contributed by atoms with Crippen LogP contribution < -0.4 is 0 Å². The second-order valence-electron chi connectivity index (χ2n) is 2.84. The van der Waals surface area contributed by atoms with Crippen molar-refractivity contribution in [1.82, 2.24) is 0 Å². The van der Waals surface area contributed by atoms with Gasteiger partial charge >= 0.3 is 7.91 Å². The molecule has 3 nitrogen and oxygen atoms in total. The van der Waals surface area contributed by atoms with E-state index < -0.39 is 13.3 Å². The van der Waals surface area contributed by atoms with Gasteiger partial charge in [0, 0.05) is 5.41 Å². The van der Waals surface area contributed by atoms with Gasteiger partial charge in [0.1, 0.15) is 0 Å². The van der Waals surface area contributed by atoms with Crippen molar-refractivity contribution >= 4 is 7.91 Å². The Kier molecular flexibility index (Phi) is 2.19. The molecule has 0 saturated carbocycles. The molecule has 0 spiro atoms. The topological polar surface area (TPSA) is 35.5 Å². The van der Waals surface area contributed by atoms with Gasteiger partial charge in [-0.3, -0.25) is 9.05 Å². The average Bonchev–Trinajstić information content (AvgIpc) is 1.97. The molecule has 0 amide bonds. The summed E-state index contributed by atoms with van der Waals surface area (Å²) in [5, 5.41) is 0. The van der Waals surface area contributed by atoms with E-state index in [0.29, 0.717) is 0 Å². The first-order chi connectivity index (χ1) is 4.97. The largest absolute Gasteiger partial charge is 0.513 e. The van der Waals surface area contributed by atoms with E-state index in [2.05, 4.69) is 15.6 Å². The summed E-state index contributed by atoms with van der Waals surface area (Å²) < 4.78 is 31.7. The van der Waals surface area contributed by atoms with Crippen molar-refractivity contribution in [3.8, 4) is 0 Å². The van der Waals surface area contributed by atoms with Crippen LogP contribution in [0.3, 0.4) is 0 Å². The second-order valence-corrected chi connectivity index (χ2v) is 4.21. The highest BCUT2D eigenvalue weighted by molar-refractivity contribution is 7.48. The number of rotatable bonds is 1. The summed E-state index contributed by atoms with van der Waals surface area (Å²) in [7, 11) is -4.23. The molecule has 1 aliphatic heterocycles. The van der Waals surface area contributed by atoms with Crippen molar-refractivity contribution in [2.75, 3.05) is 13.2 Å². The number of halogens is 1. The zero-order chi connectivity index (χ0) is 8.54. The van der Waals surface area contributed by atoms with Gasteiger partial charge in [-0.2, -0.15) is 0 Å². The molecule has 5 heteroatoms. The fourth-order valence-corrected chi connectivity index (χ4v) is 1.62.